The Balaban J connectivity index is 2.85. The van der Waals surface area contributed by atoms with E-state index in [9.17, 15) is 13.2 Å². The second kappa shape index (κ2) is 1.61. The number of rotatable bonds is 0. The molecule has 0 heterocycles. The zero-order chi connectivity index (χ0) is 8.21. The molecule has 0 unspecified atom stereocenters. The van der Waals surface area contributed by atoms with E-state index >= 15 is 0 Å². The van der Waals surface area contributed by atoms with Gasteiger partial charge < -0.3 is 5.73 Å². The van der Waals surface area contributed by atoms with Crippen molar-refractivity contribution in [3.8, 4) is 0 Å². The van der Waals surface area contributed by atoms with Crippen molar-refractivity contribution in [2.75, 3.05) is 0 Å². The van der Waals surface area contributed by atoms with Crippen molar-refractivity contribution in [1.29, 1.82) is 0 Å². The Morgan fingerprint density at radius 3 is 1.80 bits per heavy atom. The molecule has 1 saturated carbocycles. The van der Waals surface area contributed by atoms with Gasteiger partial charge in [-0.05, 0) is 6.92 Å². The van der Waals surface area contributed by atoms with Gasteiger partial charge in [-0.2, -0.15) is 0 Å². The Labute approximate surface area is 61.3 Å². The van der Waals surface area contributed by atoms with Crippen LogP contribution < -0.4 is 5.73 Å². The Kier molecular flexibility index (Phi) is 1.31. The zero-order valence-corrected chi connectivity index (χ0v) is 6.05. The first kappa shape index (κ1) is 8.14. The molecule has 0 saturated heterocycles. The molecule has 0 bridgehead atoms. The molecule has 60 valence electrons. The van der Waals surface area contributed by atoms with Crippen molar-refractivity contribution in [3.05, 3.63) is 0 Å². The van der Waals surface area contributed by atoms with Gasteiger partial charge in [0.05, 0.1) is 5.54 Å². The summed E-state index contributed by atoms with van der Waals surface area (Å²) in [6, 6.07) is 0. The van der Waals surface area contributed by atoms with Gasteiger partial charge in [-0.25, -0.2) is 13.2 Å². The van der Waals surface area contributed by atoms with Crippen LogP contribution in [0.15, 0.2) is 0 Å². The lowest BCUT2D eigenvalue weighted by Gasteiger charge is -2.51. The van der Waals surface area contributed by atoms with Crippen LogP contribution in [-0.2, 0) is 0 Å². The minimum Gasteiger partial charge on any atom is -0.321 e. The molecule has 5 heteroatoms. The molecule has 2 N–H and O–H groups in total. The molecule has 10 heavy (non-hydrogen) atoms. The largest absolute Gasteiger partial charge is 0.321 e. The van der Waals surface area contributed by atoms with Crippen LogP contribution in [0.2, 0.25) is 0 Å². The lowest BCUT2D eigenvalue weighted by molar-refractivity contribution is -0.212. The number of nitrogens with two attached hydrogens (primary N) is 1. The van der Waals surface area contributed by atoms with Crippen LogP contribution in [0, 0.1) is 0 Å². The van der Waals surface area contributed by atoms with Gasteiger partial charge in [0.1, 0.15) is 0 Å². The summed E-state index contributed by atoms with van der Waals surface area (Å²) in [5, 5.41) is -3.07. The van der Waals surface area contributed by atoms with Crippen LogP contribution in [-0.4, -0.2) is 16.6 Å². The van der Waals surface area contributed by atoms with Crippen molar-refractivity contribution < 1.29 is 13.2 Å². The fraction of sp³-hybridized carbons (Fsp3) is 1.00. The van der Waals surface area contributed by atoms with Crippen molar-refractivity contribution in [1.82, 2.24) is 0 Å². The van der Waals surface area contributed by atoms with Crippen LogP contribution in [0.3, 0.4) is 0 Å². The van der Waals surface area contributed by atoms with Gasteiger partial charge in [-0.15, -0.1) is 0 Å². The highest BCUT2D eigenvalue weighted by atomic mass is 35.5. The molecule has 0 amide bonds. The summed E-state index contributed by atoms with van der Waals surface area (Å²) in [5.74, 6) is -3.47. The number of hydrogen-bond acceptors (Lipinski definition) is 1. The summed E-state index contributed by atoms with van der Waals surface area (Å²) in [4.78, 5) is 0. The first-order chi connectivity index (χ1) is 4.21. The van der Waals surface area contributed by atoms with E-state index in [0.29, 0.717) is 0 Å². The molecular weight excluding hydrogens is 167 g/mol. The van der Waals surface area contributed by atoms with Gasteiger partial charge in [-0.1, -0.05) is 11.6 Å². The van der Waals surface area contributed by atoms with E-state index in [1.54, 1.807) is 0 Å². The van der Waals surface area contributed by atoms with E-state index < -0.39 is 23.0 Å². The lowest BCUT2D eigenvalue weighted by atomic mass is 9.73. The SMILES string of the molecule is C[C@]1(N)CC(F)(F)[C@@]1(F)Cl. The predicted octanol–water partition coefficient (Wildman–Crippen LogP) is 1.65. The monoisotopic (exact) mass is 173 g/mol. The Hall–Kier alpha value is 0.0400. The second-order valence-electron chi connectivity index (χ2n) is 2.87. The standard InChI is InChI=1S/C5H7ClF3N/c1-3(10)2-4(7,8)5(3,6)9/h2,10H2,1H3/t3-,5+/m0/s1. The van der Waals surface area contributed by atoms with E-state index in [1.807, 2.05) is 0 Å². The first-order valence-electron chi connectivity index (χ1n) is 2.75. The van der Waals surface area contributed by atoms with Crippen LogP contribution in [0.25, 0.3) is 0 Å². The molecule has 1 fully saturated rings. The second-order valence-corrected chi connectivity index (χ2v) is 3.39. The third-order valence-electron chi connectivity index (χ3n) is 1.77. The summed E-state index contributed by atoms with van der Waals surface area (Å²) in [6.07, 6.45) is -0.694. The fourth-order valence-corrected chi connectivity index (χ4v) is 1.13. The highest BCUT2D eigenvalue weighted by Crippen LogP contribution is 2.57. The summed E-state index contributed by atoms with van der Waals surface area (Å²) >= 11 is 4.85. The number of halogens is 4. The molecule has 0 aromatic carbocycles. The van der Waals surface area contributed by atoms with Crippen LogP contribution in [0.1, 0.15) is 13.3 Å². The minimum atomic E-state index is -3.47. The van der Waals surface area contributed by atoms with E-state index in [1.165, 1.54) is 0 Å². The van der Waals surface area contributed by atoms with Gasteiger partial charge in [-0.3, -0.25) is 0 Å². The van der Waals surface area contributed by atoms with Crippen molar-refractivity contribution >= 4 is 11.6 Å². The van der Waals surface area contributed by atoms with Crippen molar-refractivity contribution in [3.63, 3.8) is 0 Å². The molecule has 1 nitrogen and oxygen atoms in total. The van der Waals surface area contributed by atoms with Gasteiger partial charge in [0.2, 0.25) is 0 Å². The quantitative estimate of drug-likeness (QED) is 0.554. The highest BCUT2D eigenvalue weighted by Gasteiger charge is 2.74. The van der Waals surface area contributed by atoms with E-state index in [-0.39, 0.29) is 0 Å². The van der Waals surface area contributed by atoms with Gasteiger partial charge in [0.25, 0.3) is 11.1 Å². The normalized spacial score (nSPS) is 52.2. The summed E-state index contributed by atoms with van der Waals surface area (Å²) in [7, 11) is 0. The first-order valence-corrected chi connectivity index (χ1v) is 3.13. The Morgan fingerprint density at radius 2 is 1.80 bits per heavy atom. The van der Waals surface area contributed by atoms with Gasteiger partial charge >= 0.3 is 0 Å². The molecule has 0 aliphatic heterocycles. The third kappa shape index (κ3) is 0.689. The highest BCUT2D eigenvalue weighted by molar-refractivity contribution is 6.25. The molecule has 1 rings (SSSR count). The smallest absolute Gasteiger partial charge is 0.299 e. The molecule has 2 atom stereocenters. The van der Waals surface area contributed by atoms with Crippen molar-refractivity contribution in [2.24, 2.45) is 5.73 Å². The molecular formula is C5H7ClF3N. The van der Waals surface area contributed by atoms with Crippen molar-refractivity contribution in [2.45, 2.75) is 29.9 Å². The number of alkyl halides is 4. The average Bonchev–Trinajstić information content (AvgIpc) is 1.61. The van der Waals surface area contributed by atoms with E-state index in [2.05, 4.69) is 0 Å². The molecule has 1 aliphatic carbocycles. The molecule has 0 aromatic rings. The summed E-state index contributed by atoms with van der Waals surface area (Å²) in [5.41, 5.74) is 3.49. The number of hydrogen-bond donors (Lipinski definition) is 1. The summed E-state index contributed by atoms with van der Waals surface area (Å²) < 4.78 is 37.1. The minimum absolute atomic E-state index is 0.694. The molecule has 0 aromatic heterocycles. The zero-order valence-electron chi connectivity index (χ0n) is 5.30. The Morgan fingerprint density at radius 1 is 1.40 bits per heavy atom. The predicted molar refractivity (Wildman–Crippen MR) is 31.8 cm³/mol. The molecule has 0 spiro atoms. The van der Waals surface area contributed by atoms with Crippen LogP contribution >= 0.6 is 11.6 Å². The van der Waals surface area contributed by atoms with Gasteiger partial charge in [0, 0.05) is 6.42 Å². The van der Waals surface area contributed by atoms with Crippen LogP contribution in [0.5, 0.6) is 0 Å². The third-order valence-corrected chi connectivity index (χ3v) is 2.47. The maximum atomic E-state index is 12.7. The molecule has 1 aliphatic rings. The van der Waals surface area contributed by atoms with Crippen LogP contribution in [0.4, 0.5) is 13.2 Å². The van der Waals surface area contributed by atoms with E-state index in [4.69, 9.17) is 17.3 Å². The summed E-state index contributed by atoms with van der Waals surface area (Å²) in [6.45, 7) is 1.16. The van der Waals surface area contributed by atoms with E-state index in [0.717, 1.165) is 6.92 Å². The van der Waals surface area contributed by atoms with Gasteiger partial charge in [0.15, 0.2) is 0 Å². The lowest BCUT2D eigenvalue weighted by Crippen LogP contribution is -2.73. The maximum Gasteiger partial charge on any atom is 0.299 e. The fourth-order valence-electron chi connectivity index (χ4n) is 0.994. The Bertz CT molecular complexity index is 150. The average molecular weight is 174 g/mol. The topological polar surface area (TPSA) is 26.0 Å². The molecule has 0 radical (unpaired) electrons. The maximum absolute atomic E-state index is 12.7.